The Morgan fingerprint density at radius 2 is 2.05 bits per heavy atom. The molecule has 0 spiro atoms. The highest BCUT2D eigenvalue weighted by molar-refractivity contribution is 5.90. The molecule has 1 aliphatic rings. The third-order valence-electron chi connectivity index (χ3n) is 4.99. The molecule has 0 radical (unpaired) electrons. The lowest BCUT2D eigenvalue weighted by atomic mass is 9.68. The van der Waals surface area contributed by atoms with E-state index in [0.717, 1.165) is 37.7 Å². The molecule has 0 unspecified atom stereocenters. The summed E-state index contributed by atoms with van der Waals surface area (Å²) in [5.74, 6) is 0.836. The highest BCUT2D eigenvalue weighted by atomic mass is 16.1. The van der Waals surface area contributed by atoms with E-state index in [1.165, 1.54) is 5.57 Å². The van der Waals surface area contributed by atoms with Crippen molar-refractivity contribution < 1.29 is 4.79 Å². The Balaban J connectivity index is 2.45. The molecule has 1 aliphatic carbocycles. The van der Waals surface area contributed by atoms with Gasteiger partial charge in [0.1, 0.15) is 5.78 Å². The van der Waals surface area contributed by atoms with Crippen LogP contribution in [0.5, 0.6) is 0 Å². The molecule has 0 N–H and O–H groups in total. The van der Waals surface area contributed by atoms with E-state index in [1.54, 1.807) is 0 Å². The number of carbonyl (C=O) groups excluding carboxylic acids is 1. The van der Waals surface area contributed by atoms with Crippen LogP contribution < -0.4 is 0 Å². The maximum absolute atomic E-state index is 13.2. The number of allylic oxidation sites excluding steroid dienone is 3. The van der Waals surface area contributed by atoms with Crippen LogP contribution in [0.1, 0.15) is 57.9 Å². The normalized spacial score (nSPS) is 29.5. The van der Waals surface area contributed by atoms with Crippen molar-refractivity contribution in [2.75, 3.05) is 0 Å². The summed E-state index contributed by atoms with van der Waals surface area (Å²) in [5, 5.41) is 0. The van der Waals surface area contributed by atoms with Gasteiger partial charge in [-0.2, -0.15) is 0 Å². The summed E-state index contributed by atoms with van der Waals surface area (Å²) in [4.78, 5) is 13.2. The molecule has 1 aromatic carbocycles. The first-order valence-corrected chi connectivity index (χ1v) is 8.44. The minimum absolute atomic E-state index is 0.390. The Morgan fingerprint density at radius 1 is 1.32 bits per heavy atom. The highest BCUT2D eigenvalue weighted by Gasteiger charge is 2.38. The van der Waals surface area contributed by atoms with Gasteiger partial charge in [0.25, 0.3) is 0 Å². The molecule has 0 saturated carbocycles. The summed E-state index contributed by atoms with van der Waals surface area (Å²) >= 11 is 0. The van der Waals surface area contributed by atoms with Crippen LogP contribution in [-0.4, -0.2) is 5.78 Å². The molecular weight excluding hydrogens is 268 g/mol. The fourth-order valence-corrected chi connectivity index (χ4v) is 3.52. The monoisotopic (exact) mass is 296 g/mol. The molecule has 0 amide bonds. The summed E-state index contributed by atoms with van der Waals surface area (Å²) in [6.07, 6.45) is 9.75. The summed E-state index contributed by atoms with van der Waals surface area (Å²) < 4.78 is 0. The topological polar surface area (TPSA) is 17.1 Å². The van der Waals surface area contributed by atoms with Crippen LogP contribution in [0, 0.1) is 5.92 Å². The Kier molecular flexibility index (Phi) is 5.76. The molecule has 0 bridgehead atoms. The Labute approximate surface area is 135 Å². The molecular formula is C21H28O. The van der Waals surface area contributed by atoms with Gasteiger partial charge in [0.05, 0.1) is 5.41 Å². The Morgan fingerprint density at radius 3 is 2.73 bits per heavy atom. The van der Waals surface area contributed by atoms with Gasteiger partial charge in [-0.05, 0) is 50.5 Å². The van der Waals surface area contributed by atoms with Crippen LogP contribution in [0.25, 0.3) is 0 Å². The van der Waals surface area contributed by atoms with Crippen molar-refractivity contribution >= 4 is 5.78 Å². The molecule has 118 valence electrons. The van der Waals surface area contributed by atoms with Crippen molar-refractivity contribution in [1.29, 1.82) is 0 Å². The second kappa shape index (κ2) is 7.58. The first-order chi connectivity index (χ1) is 10.6. The van der Waals surface area contributed by atoms with E-state index >= 15 is 0 Å². The van der Waals surface area contributed by atoms with E-state index in [1.807, 2.05) is 24.3 Å². The smallest absolute Gasteiger partial charge is 0.143 e. The van der Waals surface area contributed by atoms with Crippen LogP contribution in [0.3, 0.4) is 0 Å². The van der Waals surface area contributed by atoms with E-state index in [2.05, 4.69) is 38.6 Å². The first-order valence-electron chi connectivity index (χ1n) is 8.44. The number of hydrogen-bond acceptors (Lipinski definition) is 1. The lowest BCUT2D eigenvalue weighted by Gasteiger charge is -2.34. The average Bonchev–Trinajstić information content (AvgIpc) is 2.51. The lowest BCUT2D eigenvalue weighted by molar-refractivity contribution is -0.125. The fourth-order valence-electron chi connectivity index (χ4n) is 3.52. The highest BCUT2D eigenvalue weighted by Crippen LogP contribution is 2.38. The van der Waals surface area contributed by atoms with Crippen molar-refractivity contribution in [3.8, 4) is 0 Å². The van der Waals surface area contributed by atoms with E-state index < -0.39 is 5.41 Å². The molecule has 2 rings (SSSR count). The zero-order valence-electron chi connectivity index (χ0n) is 14.0. The third kappa shape index (κ3) is 3.76. The van der Waals surface area contributed by atoms with E-state index in [0.29, 0.717) is 18.1 Å². The maximum atomic E-state index is 13.2. The minimum Gasteiger partial charge on any atom is -0.299 e. The largest absolute Gasteiger partial charge is 0.299 e. The van der Waals surface area contributed by atoms with E-state index in [-0.39, 0.29) is 0 Å². The summed E-state index contributed by atoms with van der Waals surface area (Å²) in [6.45, 7) is 8.32. The van der Waals surface area contributed by atoms with Gasteiger partial charge in [0, 0.05) is 6.42 Å². The van der Waals surface area contributed by atoms with Crippen LogP contribution in [0.15, 0.2) is 54.6 Å². The van der Waals surface area contributed by atoms with E-state index in [4.69, 9.17) is 0 Å². The van der Waals surface area contributed by atoms with E-state index in [9.17, 15) is 4.79 Å². The van der Waals surface area contributed by atoms with Gasteiger partial charge in [-0.1, -0.05) is 55.0 Å². The molecule has 0 saturated heterocycles. The molecule has 0 fully saturated rings. The maximum Gasteiger partial charge on any atom is 0.143 e. The minimum atomic E-state index is -0.399. The van der Waals surface area contributed by atoms with Crippen molar-refractivity contribution in [2.45, 2.75) is 57.8 Å². The second-order valence-corrected chi connectivity index (χ2v) is 6.80. The zero-order chi connectivity index (χ0) is 16.0. The number of carbonyl (C=O) groups is 1. The van der Waals surface area contributed by atoms with Gasteiger partial charge in [-0.15, -0.1) is 6.58 Å². The van der Waals surface area contributed by atoms with Crippen LogP contribution in [0.2, 0.25) is 0 Å². The van der Waals surface area contributed by atoms with Crippen molar-refractivity contribution in [2.24, 2.45) is 5.92 Å². The SMILES string of the molecule is C=CC[C@]1(c2ccccc2)CC/C(C)=C/CC[C@H](C)CC1=O. The number of Topliss-reactive ketones (excluding diaryl/α,β-unsaturated/α-hetero) is 1. The Hall–Kier alpha value is -1.63. The third-order valence-corrected chi connectivity index (χ3v) is 4.99. The van der Waals surface area contributed by atoms with Crippen molar-refractivity contribution in [3.05, 3.63) is 60.2 Å². The number of rotatable bonds is 3. The number of ketones is 1. The molecule has 2 atom stereocenters. The molecule has 1 heteroatoms. The van der Waals surface area contributed by atoms with Gasteiger partial charge < -0.3 is 0 Å². The Bertz CT molecular complexity index is 540. The molecule has 0 aliphatic heterocycles. The molecule has 22 heavy (non-hydrogen) atoms. The van der Waals surface area contributed by atoms with Crippen LogP contribution in [0.4, 0.5) is 0 Å². The number of benzene rings is 1. The second-order valence-electron chi connectivity index (χ2n) is 6.80. The van der Waals surface area contributed by atoms with Gasteiger partial charge in [0.15, 0.2) is 0 Å². The molecule has 0 heterocycles. The molecule has 0 aromatic heterocycles. The molecule has 1 aromatic rings. The number of hydrogen-bond donors (Lipinski definition) is 0. The van der Waals surface area contributed by atoms with Gasteiger partial charge in [-0.25, -0.2) is 0 Å². The fraction of sp³-hybridized carbons (Fsp3) is 0.476. The van der Waals surface area contributed by atoms with Gasteiger partial charge in [-0.3, -0.25) is 4.79 Å². The summed E-state index contributed by atoms with van der Waals surface area (Å²) in [6, 6.07) is 10.3. The van der Waals surface area contributed by atoms with Gasteiger partial charge >= 0.3 is 0 Å². The predicted molar refractivity (Wildman–Crippen MR) is 93.9 cm³/mol. The predicted octanol–water partition coefficient (Wildman–Crippen LogP) is 5.62. The van der Waals surface area contributed by atoms with Crippen molar-refractivity contribution in [1.82, 2.24) is 0 Å². The average molecular weight is 296 g/mol. The molecule has 1 nitrogen and oxygen atoms in total. The van der Waals surface area contributed by atoms with Gasteiger partial charge in [0.2, 0.25) is 0 Å². The first kappa shape index (κ1) is 16.7. The standard InChI is InChI=1S/C21H28O/c1-4-14-21(19-11-6-5-7-12-19)15-13-17(2)9-8-10-18(3)16-20(21)22/h4-7,9,11-12,18H,1,8,10,13-16H2,2-3H3/b17-9+/t18-,21+/m0/s1. The van der Waals surface area contributed by atoms with Crippen LogP contribution >= 0.6 is 0 Å². The summed E-state index contributed by atoms with van der Waals surface area (Å²) in [5.41, 5.74) is 2.16. The van der Waals surface area contributed by atoms with Crippen LogP contribution in [-0.2, 0) is 10.2 Å². The van der Waals surface area contributed by atoms with Crippen molar-refractivity contribution in [3.63, 3.8) is 0 Å². The summed E-state index contributed by atoms with van der Waals surface area (Å²) in [7, 11) is 0. The zero-order valence-corrected chi connectivity index (χ0v) is 14.0. The lowest BCUT2D eigenvalue weighted by Crippen LogP contribution is -2.37. The quantitative estimate of drug-likeness (QED) is 0.662.